The van der Waals surface area contributed by atoms with Gasteiger partial charge in [0.25, 0.3) is 0 Å². The van der Waals surface area contributed by atoms with Gasteiger partial charge in [-0.05, 0) is 37.8 Å². The molecule has 1 saturated carbocycles. The Morgan fingerprint density at radius 3 is 2.68 bits per heavy atom. The van der Waals surface area contributed by atoms with Crippen LogP contribution >= 0.6 is 0 Å². The Morgan fingerprint density at radius 1 is 1.27 bits per heavy atom. The van der Waals surface area contributed by atoms with Crippen molar-refractivity contribution < 1.29 is 4.74 Å². The summed E-state index contributed by atoms with van der Waals surface area (Å²) in [6, 6.07) is 9.10. The van der Waals surface area contributed by atoms with Crippen LogP contribution in [0, 0.1) is 0 Å². The second-order valence-electron chi connectivity index (χ2n) is 6.23. The van der Waals surface area contributed by atoms with E-state index in [0.717, 1.165) is 12.5 Å². The monoisotopic (exact) mass is 303 g/mol. The minimum Gasteiger partial charge on any atom is -0.374 e. The van der Waals surface area contributed by atoms with Gasteiger partial charge in [0.05, 0.1) is 12.7 Å². The smallest absolute Gasteiger partial charge is 0.191 e. The van der Waals surface area contributed by atoms with E-state index in [2.05, 4.69) is 53.7 Å². The molecule has 0 bridgehead atoms. The van der Waals surface area contributed by atoms with Crippen LogP contribution in [0.2, 0.25) is 0 Å². The molecule has 1 aromatic rings. The Bertz CT molecular complexity index is 479. The lowest BCUT2D eigenvalue weighted by molar-refractivity contribution is 0.0657. The summed E-state index contributed by atoms with van der Waals surface area (Å²) in [7, 11) is 1.83. The number of ether oxygens (including phenoxy) is 1. The third kappa shape index (κ3) is 5.68. The second-order valence-corrected chi connectivity index (χ2v) is 6.23. The highest BCUT2D eigenvalue weighted by Crippen LogP contribution is 2.17. The molecule has 2 rings (SSSR count). The molecule has 0 amide bonds. The highest BCUT2D eigenvalue weighted by atomic mass is 16.5. The zero-order chi connectivity index (χ0) is 15.8. The molecule has 0 saturated heterocycles. The van der Waals surface area contributed by atoms with Crippen LogP contribution in [0.5, 0.6) is 0 Å². The Kier molecular flexibility index (Phi) is 6.72. The lowest BCUT2D eigenvalue weighted by atomic mass is 10.1. The van der Waals surface area contributed by atoms with Crippen LogP contribution in [0.3, 0.4) is 0 Å². The number of nitrogens with one attached hydrogen (secondary N) is 2. The largest absolute Gasteiger partial charge is 0.374 e. The van der Waals surface area contributed by atoms with Gasteiger partial charge in [-0.15, -0.1) is 0 Å². The molecule has 4 nitrogen and oxygen atoms in total. The first kappa shape index (κ1) is 16.8. The quantitative estimate of drug-likeness (QED) is 0.626. The second kappa shape index (κ2) is 8.79. The predicted molar refractivity (Wildman–Crippen MR) is 92.0 cm³/mol. The highest BCUT2D eigenvalue weighted by Gasteiger charge is 2.15. The van der Waals surface area contributed by atoms with E-state index >= 15 is 0 Å². The number of guanidine groups is 1. The predicted octanol–water partition coefficient (Wildman–Crippen LogP) is 3.22. The number of hydrogen-bond donors (Lipinski definition) is 2. The molecule has 122 valence electrons. The van der Waals surface area contributed by atoms with E-state index in [9.17, 15) is 0 Å². The third-order valence-electron chi connectivity index (χ3n) is 3.95. The number of hydrogen-bond acceptors (Lipinski definition) is 2. The first-order valence-electron chi connectivity index (χ1n) is 8.34. The maximum Gasteiger partial charge on any atom is 0.191 e. The molecule has 1 aliphatic rings. The first-order chi connectivity index (χ1) is 10.7. The van der Waals surface area contributed by atoms with Crippen molar-refractivity contribution in [3.05, 3.63) is 35.4 Å². The standard InChI is InChI=1S/C18H29N3O/c1-14(2)22-13-16-8-6-7-15(11-16)12-20-18(19-3)21-17-9-4-5-10-17/h6-8,11,14,17H,4-5,9-10,12-13H2,1-3H3,(H2,19,20,21). The molecular formula is C18H29N3O. The van der Waals surface area contributed by atoms with Gasteiger partial charge in [-0.3, -0.25) is 4.99 Å². The Morgan fingerprint density at radius 2 is 2.00 bits per heavy atom. The van der Waals surface area contributed by atoms with Crippen LogP contribution in [-0.2, 0) is 17.9 Å². The molecule has 0 aromatic heterocycles. The molecule has 1 aromatic carbocycles. The van der Waals surface area contributed by atoms with E-state index < -0.39 is 0 Å². The lowest BCUT2D eigenvalue weighted by Crippen LogP contribution is -2.41. The fraction of sp³-hybridized carbons (Fsp3) is 0.611. The average molecular weight is 303 g/mol. The van der Waals surface area contributed by atoms with Crippen molar-refractivity contribution in [1.82, 2.24) is 10.6 Å². The molecule has 0 heterocycles. The summed E-state index contributed by atoms with van der Waals surface area (Å²) in [4.78, 5) is 4.32. The minimum absolute atomic E-state index is 0.260. The highest BCUT2D eigenvalue weighted by molar-refractivity contribution is 5.79. The SMILES string of the molecule is CN=C(NCc1cccc(COC(C)C)c1)NC1CCCC1. The van der Waals surface area contributed by atoms with Crippen molar-refractivity contribution in [2.24, 2.45) is 4.99 Å². The Balaban J connectivity index is 1.83. The van der Waals surface area contributed by atoms with Gasteiger partial charge in [0, 0.05) is 19.6 Å². The summed E-state index contributed by atoms with van der Waals surface area (Å²) in [6.07, 6.45) is 5.42. The van der Waals surface area contributed by atoms with E-state index in [-0.39, 0.29) is 6.10 Å². The van der Waals surface area contributed by atoms with E-state index in [1.54, 1.807) is 0 Å². The molecule has 4 heteroatoms. The Hall–Kier alpha value is -1.55. The summed E-state index contributed by atoms with van der Waals surface area (Å²) in [6.45, 7) is 5.57. The number of aliphatic imine (C=N–C) groups is 1. The molecule has 22 heavy (non-hydrogen) atoms. The van der Waals surface area contributed by atoms with Crippen molar-refractivity contribution in [3.63, 3.8) is 0 Å². The van der Waals surface area contributed by atoms with Gasteiger partial charge in [0.15, 0.2) is 5.96 Å². The van der Waals surface area contributed by atoms with Gasteiger partial charge in [-0.1, -0.05) is 37.1 Å². The molecule has 0 unspecified atom stereocenters. The van der Waals surface area contributed by atoms with Gasteiger partial charge < -0.3 is 15.4 Å². The van der Waals surface area contributed by atoms with Crippen molar-refractivity contribution >= 4 is 5.96 Å². The molecule has 0 spiro atoms. The number of benzene rings is 1. The zero-order valence-electron chi connectivity index (χ0n) is 14.1. The van der Waals surface area contributed by atoms with E-state index in [0.29, 0.717) is 12.6 Å². The van der Waals surface area contributed by atoms with Crippen LogP contribution in [0.4, 0.5) is 0 Å². The maximum atomic E-state index is 5.66. The van der Waals surface area contributed by atoms with E-state index in [4.69, 9.17) is 4.74 Å². The van der Waals surface area contributed by atoms with Crippen LogP contribution in [0.15, 0.2) is 29.3 Å². The molecule has 0 aliphatic heterocycles. The molecule has 2 N–H and O–H groups in total. The van der Waals surface area contributed by atoms with Crippen LogP contribution in [-0.4, -0.2) is 25.2 Å². The fourth-order valence-electron chi connectivity index (χ4n) is 2.74. The molecular weight excluding hydrogens is 274 g/mol. The van der Waals surface area contributed by atoms with Crippen LogP contribution in [0.1, 0.15) is 50.7 Å². The summed E-state index contributed by atoms with van der Waals surface area (Å²) >= 11 is 0. The van der Waals surface area contributed by atoms with Crippen molar-refractivity contribution in [1.29, 1.82) is 0 Å². The minimum atomic E-state index is 0.260. The average Bonchev–Trinajstić information content (AvgIpc) is 3.03. The molecule has 1 aliphatic carbocycles. The summed E-state index contributed by atoms with van der Waals surface area (Å²) in [5.74, 6) is 0.899. The van der Waals surface area contributed by atoms with Gasteiger partial charge >= 0.3 is 0 Å². The third-order valence-corrected chi connectivity index (χ3v) is 3.95. The number of rotatable bonds is 6. The van der Waals surface area contributed by atoms with Crippen molar-refractivity contribution in [2.45, 2.75) is 64.8 Å². The normalized spacial score (nSPS) is 16.3. The Labute approximate surface area is 134 Å². The van der Waals surface area contributed by atoms with Gasteiger partial charge in [-0.25, -0.2) is 0 Å². The van der Waals surface area contributed by atoms with Gasteiger partial charge in [-0.2, -0.15) is 0 Å². The van der Waals surface area contributed by atoms with Crippen LogP contribution < -0.4 is 10.6 Å². The van der Waals surface area contributed by atoms with Crippen molar-refractivity contribution in [2.75, 3.05) is 7.05 Å². The molecule has 1 fully saturated rings. The van der Waals surface area contributed by atoms with Crippen molar-refractivity contribution in [3.8, 4) is 0 Å². The fourth-order valence-corrected chi connectivity index (χ4v) is 2.74. The van der Waals surface area contributed by atoms with Gasteiger partial charge in [0.2, 0.25) is 0 Å². The summed E-state index contributed by atoms with van der Waals surface area (Å²) in [5.41, 5.74) is 2.46. The summed E-state index contributed by atoms with van der Waals surface area (Å²) in [5, 5.41) is 6.91. The van der Waals surface area contributed by atoms with E-state index in [1.165, 1.54) is 36.8 Å². The zero-order valence-corrected chi connectivity index (χ0v) is 14.1. The van der Waals surface area contributed by atoms with Crippen LogP contribution in [0.25, 0.3) is 0 Å². The topological polar surface area (TPSA) is 45.7 Å². The van der Waals surface area contributed by atoms with Gasteiger partial charge in [0.1, 0.15) is 0 Å². The maximum absolute atomic E-state index is 5.66. The molecule has 0 radical (unpaired) electrons. The number of nitrogens with zero attached hydrogens (tertiary/aromatic N) is 1. The molecule has 0 atom stereocenters. The van der Waals surface area contributed by atoms with E-state index in [1.807, 2.05) is 7.05 Å². The lowest BCUT2D eigenvalue weighted by Gasteiger charge is -2.17. The summed E-state index contributed by atoms with van der Waals surface area (Å²) < 4.78 is 5.66. The first-order valence-corrected chi connectivity index (χ1v) is 8.34.